The fraction of sp³-hybridized carbons (Fsp3) is 0.292. The highest BCUT2D eigenvalue weighted by Crippen LogP contribution is 2.32. The summed E-state index contributed by atoms with van der Waals surface area (Å²) < 4.78 is 22.1. The highest BCUT2D eigenvalue weighted by molar-refractivity contribution is 6.27. The largest absolute Gasteiger partial charge is 0.370 e. The molecule has 5 rings (SSSR count). The number of halogens is 1. The van der Waals surface area contributed by atoms with E-state index in [9.17, 15) is 14.0 Å². The molecule has 2 heterocycles. The average Bonchev–Trinajstić information content (AvgIpc) is 3.17. The summed E-state index contributed by atoms with van der Waals surface area (Å²) in [5, 5.41) is 0. The van der Waals surface area contributed by atoms with Gasteiger partial charge in [-0.3, -0.25) is 9.59 Å². The molecule has 1 aliphatic heterocycles. The summed E-state index contributed by atoms with van der Waals surface area (Å²) in [4.78, 5) is 31.1. The summed E-state index contributed by atoms with van der Waals surface area (Å²) in [5.41, 5.74) is 1.74. The first-order valence-electron chi connectivity index (χ1n) is 10.4. The van der Waals surface area contributed by atoms with Gasteiger partial charge in [0.15, 0.2) is 0 Å². The number of hydrogen-bond acceptors (Lipinski definition) is 4. The lowest BCUT2D eigenvalue weighted by Gasteiger charge is -2.37. The van der Waals surface area contributed by atoms with Crippen molar-refractivity contribution < 1.29 is 23.2 Å². The average molecular weight is 420 g/mol. The second-order valence-corrected chi connectivity index (χ2v) is 8.40. The minimum Gasteiger partial charge on any atom is -0.370 e. The van der Waals surface area contributed by atoms with Crippen LogP contribution in [0.1, 0.15) is 32.1 Å². The van der Waals surface area contributed by atoms with E-state index in [0.29, 0.717) is 48.0 Å². The van der Waals surface area contributed by atoms with Crippen LogP contribution in [-0.2, 0) is 11.3 Å². The molecule has 0 bridgehead atoms. The first-order valence-corrected chi connectivity index (χ1v) is 10.4. The van der Waals surface area contributed by atoms with Crippen LogP contribution in [0.15, 0.2) is 48.5 Å². The molecular weight excluding hydrogens is 397 g/mol. The minimum absolute atomic E-state index is 0.146. The highest BCUT2D eigenvalue weighted by atomic mass is 19.1. The van der Waals surface area contributed by atoms with Crippen molar-refractivity contribution in [3.8, 4) is 11.4 Å². The molecule has 6 nitrogen and oxygen atoms in total. The van der Waals surface area contributed by atoms with Crippen LogP contribution in [0.3, 0.4) is 0 Å². The maximum atomic E-state index is 14.0. The minimum atomic E-state index is -0.391. The maximum absolute atomic E-state index is 14.0. The Morgan fingerprint density at radius 2 is 1.74 bits per heavy atom. The quantitative estimate of drug-likeness (QED) is 0.477. The Hall–Kier alpha value is -3.16. The Kier molecular flexibility index (Phi) is 4.79. The summed E-state index contributed by atoms with van der Waals surface area (Å²) >= 11 is 0. The van der Waals surface area contributed by atoms with Crippen LogP contribution in [0.4, 0.5) is 4.39 Å². The third-order valence-electron chi connectivity index (χ3n) is 6.31. The van der Waals surface area contributed by atoms with E-state index < -0.39 is 5.82 Å². The zero-order chi connectivity index (χ0) is 21.6. The second kappa shape index (κ2) is 7.51. The van der Waals surface area contributed by atoms with Crippen LogP contribution < -0.4 is 0 Å². The van der Waals surface area contributed by atoms with E-state index in [2.05, 4.69) is 12.0 Å². The molecule has 1 fully saturated rings. The number of quaternary nitrogens is 1. The lowest BCUT2D eigenvalue weighted by atomic mass is 9.90. The van der Waals surface area contributed by atoms with Gasteiger partial charge in [0.1, 0.15) is 36.1 Å². The van der Waals surface area contributed by atoms with E-state index in [0.717, 1.165) is 24.1 Å². The fourth-order valence-corrected chi connectivity index (χ4v) is 4.39. The van der Waals surface area contributed by atoms with Gasteiger partial charge in [0.05, 0.1) is 33.4 Å². The monoisotopic (exact) mass is 420 g/mol. The summed E-state index contributed by atoms with van der Waals surface area (Å²) in [6, 6.07) is 12.9. The number of carbonyl (C=O) groups is 2. The van der Waals surface area contributed by atoms with Gasteiger partial charge < -0.3 is 13.8 Å². The molecule has 0 N–H and O–H groups in total. The van der Waals surface area contributed by atoms with Crippen LogP contribution >= 0.6 is 0 Å². The normalized spacial score (nSPS) is 17.4. The highest BCUT2D eigenvalue weighted by Gasteiger charge is 2.36. The molecule has 0 saturated carbocycles. The molecule has 1 aliphatic carbocycles. The van der Waals surface area contributed by atoms with E-state index in [1.54, 1.807) is 41.0 Å². The molecule has 0 spiro atoms. The van der Waals surface area contributed by atoms with E-state index in [4.69, 9.17) is 4.74 Å². The molecule has 1 aromatic heterocycles. The van der Waals surface area contributed by atoms with Gasteiger partial charge in [0.25, 0.3) is 0 Å². The Labute approximate surface area is 179 Å². The SMILES string of the molecule is C[N+]1(CCn2c(-c3cccc(F)c3)nc3c2C(=O)c2ccccc2C3=O)CCOCC1. The van der Waals surface area contributed by atoms with Gasteiger partial charge in [-0.15, -0.1) is 0 Å². The van der Waals surface area contributed by atoms with Gasteiger partial charge in [0.2, 0.25) is 11.6 Å². The predicted molar refractivity (Wildman–Crippen MR) is 113 cm³/mol. The molecule has 158 valence electrons. The van der Waals surface area contributed by atoms with Crippen molar-refractivity contribution in [2.45, 2.75) is 6.54 Å². The molecule has 0 radical (unpaired) electrons. The van der Waals surface area contributed by atoms with Crippen LogP contribution in [0.5, 0.6) is 0 Å². The van der Waals surface area contributed by atoms with Crippen molar-refractivity contribution in [3.05, 3.63) is 76.9 Å². The van der Waals surface area contributed by atoms with Crippen molar-refractivity contribution in [3.63, 3.8) is 0 Å². The van der Waals surface area contributed by atoms with Gasteiger partial charge in [-0.25, -0.2) is 9.37 Å². The Balaban J connectivity index is 1.63. The van der Waals surface area contributed by atoms with E-state index >= 15 is 0 Å². The Morgan fingerprint density at radius 1 is 1.03 bits per heavy atom. The van der Waals surface area contributed by atoms with Crippen LogP contribution in [-0.4, -0.2) is 65.5 Å². The Bertz CT molecular complexity index is 1190. The van der Waals surface area contributed by atoms with Gasteiger partial charge >= 0.3 is 0 Å². The smallest absolute Gasteiger partial charge is 0.214 e. The van der Waals surface area contributed by atoms with Gasteiger partial charge in [-0.1, -0.05) is 36.4 Å². The van der Waals surface area contributed by atoms with Crippen LogP contribution in [0.25, 0.3) is 11.4 Å². The zero-order valence-electron chi connectivity index (χ0n) is 17.3. The molecule has 31 heavy (non-hydrogen) atoms. The van der Waals surface area contributed by atoms with Crippen molar-refractivity contribution in [2.75, 3.05) is 39.9 Å². The first kappa shape index (κ1) is 19.8. The number of ether oxygens (including phenoxy) is 1. The van der Waals surface area contributed by atoms with E-state index in [1.165, 1.54) is 12.1 Å². The number of likely N-dealkylation sites (N-methyl/N-ethyl adjacent to an activating group) is 1. The maximum Gasteiger partial charge on any atom is 0.214 e. The number of hydrogen-bond donors (Lipinski definition) is 0. The number of aromatic nitrogens is 2. The molecular formula is C24H23FN3O3+. The summed E-state index contributed by atoms with van der Waals surface area (Å²) in [5.74, 6) is -0.435. The van der Waals surface area contributed by atoms with Gasteiger partial charge in [-0.05, 0) is 12.1 Å². The first-order chi connectivity index (χ1) is 15.0. The number of imidazole rings is 1. The number of fused-ring (bicyclic) bond motifs is 2. The van der Waals surface area contributed by atoms with E-state index in [1.807, 2.05) is 0 Å². The molecule has 2 aliphatic rings. The lowest BCUT2D eigenvalue weighted by Crippen LogP contribution is -2.53. The van der Waals surface area contributed by atoms with E-state index in [-0.39, 0.29) is 17.3 Å². The molecule has 0 unspecified atom stereocenters. The zero-order valence-corrected chi connectivity index (χ0v) is 17.3. The molecule has 7 heteroatoms. The van der Waals surface area contributed by atoms with Crippen LogP contribution in [0.2, 0.25) is 0 Å². The summed E-state index contributed by atoms with van der Waals surface area (Å²) in [6.07, 6.45) is 0. The molecule has 0 amide bonds. The topological polar surface area (TPSA) is 61.2 Å². The number of ketones is 2. The number of morpholine rings is 1. The van der Waals surface area contributed by atoms with Crippen LogP contribution in [0, 0.1) is 5.82 Å². The molecule has 2 aromatic carbocycles. The predicted octanol–water partition coefficient (Wildman–Crippen LogP) is 2.94. The number of carbonyl (C=O) groups excluding carboxylic acids is 2. The van der Waals surface area contributed by atoms with Crippen molar-refractivity contribution in [2.24, 2.45) is 0 Å². The summed E-state index contributed by atoms with van der Waals surface area (Å²) in [7, 11) is 2.16. The third kappa shape index (κ3) is 3.40. The number of rotatable bonds is 4. The van der Waals surface area contributed by atoms with Crippen molar-refractivity contribution in [1.82, 2.24) is 9.55 Å². The third-order valence-corrected chi connectivity index (χ3v) is 6.31. The Morgan fingerprint density at radius 3 is 2.45 bits per heavy atom. The second-order valence-electron chi connectivity index (χ2n) is 8.40. The van der Waals surface area contributed by atoms with Gasteiger partial charge in [0, 0.05) is 16.7 Å². The molecule has 0 atom stereocenters. The fourth-order valence-electron chi connectivity index (χ4n) is 4.39. The standard InChI is InChI=1S/C24H23FN3O3/c1-28(11-13-31-14-12-28)10-9-27-21-20(26-24(27)16-5-4-6-17(25)15-16)22(29)18-7-2-3-8-19(18)23(21)30/h2-8,15H,9-14H2,1H3/q+1. The summed E-state index contributed by atoms with van der Waals surface area (Å²) in [6.45, 7) is 4.38. The van der Waals surface area contributed by atoms with Gasteiger partial charge in [-0.2, -0.15) is 0 Å². The number of benzene rings is 2. The number of nitrogens with zero attached hydrogens (tertiary/aromatic N) is 3. The molecule has 3 aromatic rings. The molecule has 1 saturated heterocycles. The van der Waals surface area contributed by atoms with Crippen molar-refractivity contribution >= 4 is 11.6 Å². The van der Waals surface area contributed by atoms with Crippen molar-refractivity contribution in [1.29, 1.82) is 0 Å². The lowest BCUT2D eigenvalue weighted by molar-refractivity contribution is -0.917.